The summed E-state index contributed by atoms with van der Waals surface area (Å²) in [6.07, 6.45) is 1.49. The average Bonchev–Trinajstić information content (AvgIpc) is 3.24. The summed E-state index contributed by atoms with van der Waals surface area (Å²) >= 11 is 0. The highest BCUT2D eigenvalue weighted by molar-refractivity contribution is 7.89. The summed E-state index contributed by atoms with van der Waals surface area (Å²) in [5.41, 5.74) is 2.74. The molecule has 1 aliphatic rings. The maximum absolute atomic E-state index is 13.8. The van der Waals surface area contributed by atoms with Crippen LogP contribution in [0.15, 0.2) is 65.2 Å². The second kappa shape index (κ2) is 9.40. The van der Waals surface area contributed by atoms with Crippen LogP contribution in [0.25, 0.3) is 11.8 Å². The molecule has 2 aromatic carbocycles. The molecule has 3 aromatic rings. The number of aryl methyl sites for hydroxylation is 1. The van der Waals surface area contributed by atoms with Crippen LogP contribution in [0.1, 0.15) is 17.0 Å². The van der Waals surface area contributed by atoms with E-state index in [0.717, 1.165) is 16.3 Å². The Morgan fingerprint density at radius 2 is 1.78 bits per heavy atom. The molecule has 0 atom stereocenters. The third kappa shape index (κ3) is 4.90. The number of primary sulfonamides is 1. The third-order valence-electron chi connectivity index (χ3n) is 5.61. The topological polar surface area (TPSA) is 144 Å². The highest BCUT2D eigenvalue weighted by Crippen LogP contribution is 2.25. The SMILES string of the molecule is Cc1cc(/C=C2/NC(=O)N(CC(=O)Nc3ccccc3F)C2=O)c(C)n1-c1ccc(S(N)(=O)=O)cc1. The first-order chi connectivity index (χ1) is 17.0. The molecule has 186 valence electrons. The first-order valence-electron chi connectivity index (χ1n) is 10.7. The molecule has 10 nitrogen and oxygen atoms in total. The molecule has 4 N–H and O–H groups in total. The minimum atomic E-state index is -3.83. The molecular weight excluding hydrogens is 489 g/mol. The monoisotopic (exact) mass is 511 g/mol. The van der Waals surface area contributed by atoms with Crippen molar-refractivity contribution in [2.45, 2.75) is 18.7 Å². The smallest absolute Gasteiger partial charge is 0.322 e. The normalized spacial score (nSPS) is 14.9. The lowest BCUT2D eigenvalue weighted by molar-refractivity contribution is -0.127. The molecule has 4 amide bonds. The van der Waals surface area contributed by atoms with E-state index in [1.807, 2.05) is 11.5 Å². The minimum Gasteiger partial charge on any atom is -0.322 e. The van der Waals surface area contributed by atoms with Gasteiger partial charge in [-0.2, -0.15) is 0 Å². The van der Waals surface area contributed by atoms with Gasteiger partial charge < -0.3 is 15.2 Å². The Morgan fingerprint density at radius 3 is 2.42 bits per heavy atom. The van der Waals surface area contributed by atoms with Gasteiger partial charge in [-0.1, -0.05) is 12.1 Å². The Balaban J connectivity index is 1.54. The Bertz CT molecular complexity index is 1530. The van der Waals surface area contributed by atoms with Gasteiger partial charge in [-0.3, -0.25) is 9.59 Å². The van der Waals surface area contributed by atoms with Crippen LogP contribution in [0.4, 0.5) is 14.9 Å². The molecule has 0 radical (unpaired) electrons. The van der Waals surface area contributed by atoms with Gasteiger partial charge in [0.25, 0.3) is 5.91 Å². The molecule has 0 aliphatic carbocycles. The van der Waals surface area contributed by atoms with Crippen molar-refractivity contribution in [3.05, 3.63) is 83.1 Å². The number of nitrogens with one attached hydrogen (secondary N) is 2. The second-order valence-corrected chi connectivity index (χ2v) is 9.67. The van der Waals surface area contributed by atoms with Gasteiger partial charge in [-0.25, -0.2) is 27.6 Å². The Kier molecular flexibility index (Phi) is 6.48. The van der Waals surface area contributed by atoms with E-state index < -0.39 is 40.2 Å². The van der Waals surface area contributed by atoms with E-state index in [0.29, 0.717) is 11.3 Å². The number of anilines is 1. The van der Waals surface area contributed by atoms with Gasteiger partial charge in [-0.05, 0) is 68.0 Å². The van der Waals surface area contributed by atoms with Crippen LogP contribution in [0.3, 0.4) is 0 Å². The van der Waals surface area contributed by atoms with E-state index in [-0.39, 0.29) is 16.3 Å². The fourth-order valence-electron chi connectivity index (χ4n) is 3.88. The molecule has 1 fully saturated rings. The summed E-state index contributed by atoms with van der Waals surface area (Å²) in [4.78, 5) is 38.2. The van der Waals surface area contributed by atoms with Gasteiger partial charge in [0.05, 0.1) is 10.6 Å². The number of rotatable bonds is 6. The zero-order valence-electron chi connectivity index (χ0n) is 19.3. The van der Waals surface area contributed by atoms with Crippen molar-refractivity contribution in [2.24, 2.45) is 5.14 Å². The first kappa shape index (κ1) is 24.8. The van der Waals surface area contributed by atoms with E-state index in [1.165, 1.54) is 42.5 Å². The maximum Gasteiger partial charge on any atom is 0.329 e. The van der Waals surface area contributed by atoms with Crippen molar-refractivity contribution in [3.63, 3.8) is 0 Å². The molecule has 1 aromatic heterocycles. The molecular formula is C24H22FN5O5S. The largest absolute Gasteiger partial charge is 0.329 e. The number of hydrogen-bond acceptors (Lipinski definition) is 5. The Labute approximate surface area is 206 Å². The van der Waals surface area contributed by atoms with Gasteiger partial charge in [0.2, 0.25) is 15.9 Å². The number of nitrogens with zero attached hydrogens (tertiary/aromatic N) is 2. The molecule has 1 aliphatic heterocycles. The second-order valence-electron chi connectivity index (χ2n) is 8.11. The van der Waals surface area contributed by atoms with Crippen molar-refractivity contribution in [1.82, 2.24) is 14.8 Å². The van der Waals surface area contributed by atoms with Crippen LogP contribution >= 0.6 is 0 Å². The maximum atomic E-state index is 13.8. The number of sulfonamides is 1. The van der Waals surface area contributed by atoms with Crippen molar-refractivity contribution in [2.75, 3.05) is 11.9 Å². The van der Waals surface area contributed by atoms with Gasteiger partial charge in [0, 0.05) is 17.1 Å². The predicted molar refractivity (Wildman–Crippen MR) is 130 cm³/mol. The minimum absolute atomic E-state index is 0.0190. The molecule has 0 bridgehead atoms. The zero-order valence-corrected chi connectivity index (χ0v) is 20.1. The molecule has 12 heteroatoms. The molecule has 1 saturated heterocycles. The average molecular weight is 512 g/mol. The van der Waals surface area contributed by atoms with E-state index in [1.54, 1.807) is 25.1 Å². The molecule has 2 heterocycles. The number of hydrogen-bond donors (Lipinski definition) is 3. The predicted octanol–water partition coefficient (Wildman–Crippen LogP) is 2.41. The van der Waals surface area contributed by atoms with Gasteiger partial charge >= 0.3 is 6.03 Å². The standard InChI is InChI=1S/C24H22FN5O5S/c1-14-11-16(15(2)30(14)17-7-9-18(10-8-17)36(26,34)35)12-21-23(32)29(24(33)28-21)13-22(31)27-20-6-4-3-5-19(20)25/h3-12H,13H2,1-2H3,(H,27,31)(H,28,33)(H2,26,34,35)/b21-12+. The van der Waals surface area contributed by atoms with Crippen LogP contribution in [0.2, 0.25) is 0 Å². The van der Waals surface area contributed by atoms with Crippen molar-refractivity contribution in [3.8, 4) is 5.69 Å². The van der Waals surface area contributed by atoms with Crippen molar-refractivity contribution >= 4 is 39.6 Å². The lowest BCUT2D eigenvalue weighted by atomic mass is 10.2. The number of nitrogens with two attached hydrogens (primary N) is 1. The van der Waals surface area contributed by atoms with Crippen LogP contribution in [0, 0.1) is 19.7 Å². The van der Waals surface area contributed by atoms with Gasteiger partial charge in [0.15, 0.2) is 0 Å². The quantitative estimate of drug-likeness (QED) is 0.344. The van der Waals surface area contributed by atoms with Gasteiger partial charge in [-0.15, -0.1) is 0 Å². The third-order valence-corrected chi connectivity index (χ3v) is 6.53. The number of urea groups is 1. The molecule has 0 spiro atoms. The molecule has 36 heavy (non-hydrogen) atoms. The fourth-order valence-corrected chi connectivity index (χ4v) is 4.40. The van der Waals surface area contributed by atoms with Crippen LogP contribution in [-0.4, -0.2) is 42.3 Å². The number of halogens is 1. The summed E-state index contributed by atoms with van der Waals surface area (Å²) in [5.74, 6) is -2.07. The fraction of sp³-hybridized carbons (Fsp3) is 0.125. The summed E-state index contributed by atoms with van der Waals surface area (Å²) in [7, 11) is -3.83. The van der Waals surface area contributed by atoms with E-state index in [4.69, 9.17) is 5.14 Å². The van der Waals surface area contributed by atoms with Crippen molar-refractivity contribution in [1.29, 1.82) is 0 Å². The number of benzene rings is 2. The van der Waals surface area contributed by atoms with Crippen LogP contribution in [-0.2, 0) is 19.6 Å². The summed E-state index contributed by atoms with van der Waals surface area (Å²) < 4.78 is 38.7. The number of amides is 4. The van der Waals surface area contributed by atoms with Crippen molar-refractivity contribution < 1.29 is 27.2 Å². The number of imide groups is 1. The molecule has 0 unspecified atom stereocenters. The lowest BCUT2D eigenvalue weighted by Crippen LogP contribution is -2.38. The van der Waals surface area contributed by atoms with E-state index in [2.05, 4.69) is 10.6 Å². The van der Waals surface area contributed by atoms with Crippen LogP contribution < -0.4 is 15.8 Å². The number of carbonyl (C=O) groups excluding carboxylic acids is 3. The summed E-state index contributed by atoms with van der Waals surface area (Å²) in [6.45, 7) is 3.04. The number of carbonyl (C=O) groups is 3. The molecule has 0 saturated carbocycles. The highest BCUT2D eigenvalue weighted by atomic mass is 32.2. The highest BCUT2D eigenvalue weighted by Gasteiger charge is 2.35. The lowest BCUT2D eigenvalue weighted by Gasteiger charge is -2.12. The molecule has 4 rings (SSSR count). The zero-order chi connectivity index (χ0) is 26.2. The van der Waals surface area contributed by atoms with Crippen LogP contribution in [0.5, 0.6) is 0 Å². The summed E-state index contributed by atoms with van der Waals surface area (Å²) in [5, 5.41) is 9.95. The Hall–Kier alpha value is -4.29. The number of aromatic nitrogens is 1. The summed E-state index contributed by atoms with van der Waals surface area (Å²) in [6, 6.07) is 12.6. The first-order valence-corrected chi connectivity index (χ1v) is 12.2. The van der Waals surface area contributed by atoms with E-state index >= 15 is 0 Å². The van der Waals surface area contributed by atoms with E-state index in [9.17, 15) is 27.2 Å². The van der Waals surface area contributed by atoms with Gasteiger partial charge in [0.1, 0.15) is 18.1 Å². The Morgan fingerprint density at radius 1 is 1.11 bits per heavy atom. The number of para-hydroxylation sites is 1.